The molecule has 0 aliphatic rings. The number of carboxylic acids is 1. The second-order valence-corrected chi connectivity index (χ2v) is 5.73. The molecule has 5 nitrogen and oxygen atoms in total. The number of benzene rings is 1. The van der Waals surface area contributed by atoms with E-state index in [0.29, 0.717) is 11.5 Å². The summed E-state index contributed by atoms with van der Waals surface area (Å²) >= 11 is 5.64. The third-order valence-corrected chi connectivity index (χ3v) is 2.92. The summed E-state index contributed by atoms with van der Waals surface area (Å²) in [4.78, 5) is 15.0. The highest BCUT2D eigenvalue weighted by molar-refractivity contribution is 6.30. The average Bonchev–Trinajstić information content (AvgIpc) is 2.77. The van der Waals surface area contributed by atoms with Crippen LogP contribution in [0.5, 0.6) is 0 Å². The smallest absolute Gasteiger partial charge is 0.375 e. The number of aromatic nitrogens is 3. The molecule has 0 spiro atoms. The molecule has 0 atom stereocenters. The molecule has 0 unspecified atom stereocenters. The maximum absolute atomic E-state index is 13.5. The van der Waals surface area contributed by atoms with Crippen molar-refractivity contribution in [3.63, 3.8) is 0 Å². The third-order valence-electron chi connectivity index (χ3n) is 2.62. The molecule has 1 aromatic carbocycles. The lowest BCUT2D eigenvalue weighted by Gasteiger charge is -2.18. The molecule has 0 bridgehead atoms. The predicted molar refractivity (Wildman–Crippen MR) is 72.0 cm³/mol. The summed E-state index contributed by atoms with van der Waals surface area (Å²) in [6, 6.07) is 4.14. The van der Waals surface area contributed by atoms with E-state index in [2.05, 4.69) is 10.1 Å². The number of nitrogens with zero attached hydrogens (tertiary/aromatic N) is 3. The fourth-order valence-corrected chi connectivity index (χ4v) is 1.80. The number of carbonyl (C=O) groups is 1. The Balaban J connectivity index is 2.65. The normalized spacial score (nSPS) is 11.7. The molecule has 1 aromatic heterocycles. The van der Waals surface area contributed by atoms with Crippen molar-refractivity contribution in [2.24, 2.45) is 0 Å². The van der Waals surface area contributed by atoms with Gasteiger partial charge in [0.15, 0.2) is 0 Å². The van der Waals surface area contributed by atoms with Gasteiger partial charge in [0.05, 0.1) is 10.7 Å². The molecule has 0 fully saturated rings. The van der Waals surface area contributed by atoms with Crippen LogP contribution < -0.4 is 0 Å². The average molecular weight is 298 g/mol. The molecule has 0 saturated carbocycles. The molecule has 20 heavy (non-hydrogen) atoms. The van der Waals surface area contributed by atoms with Crippen molar-refractivity contribution in [3.05, 3.63) is 40.7 Å². The molecule has 0 amide bonds. The van der Waals surface area contributed by atoms with Crippen molar-refractivity contribution in [1.29, 1.82) is 0 Å². The van der Waals surface area contributed by atoms with Crippen LogP contribution in [0.1, 0.15) is 37.2 Å². The molecular weight excluding hydrogens is 285 g/mol. The Kier molecular flexibility index (Phi) is 3.52. The van der Waals surface area contributed by atoms with Gasteiger partial charge >= 0.3 is 5.97 Å². The highest BCUT2D eigenvalue weighted by Gasteiger charge is 2.26. The van der Waals surface area contributed by atoms with Gasteiger partial charge in [-0.25, -0.2) is 18.9 Å². The predicted octanol–water partition coefficient (Wildman–Crippen LogP) is 3.06. The van der Waals surface area contributed by atoms with E-state index < -0.39 is 17.2 Å². The van der Waals surface area contributed by atoms with Gasteiger partial charge in [-0.2, -0.15) is 0 Å². The van der Waals surface area contributed by atoms with Gasteiger partial charge in [0.2, 0.25) is 0 Å². The fraction of sp³-hybridized carbons (Fsp3) is 0.308. The Morgan fingerprint density at radius 1 is 1.40 bits per heavy atom. The quantitative estimate of drug-likeness (QED) is 0.925. The lowest BCUT2D eigenvalue weighted by Crippen LogP contribution is -2.19. The molecule has 2 aromatic rings. The standard InChI is InChI=1S/C13H13ClFN3O2/c1-13(2,3)12-16-10(11(19)20)17-18(12)7-4-5-8(14)9(15)6-7/h4-6H,1-3H3,(H,19,20). The summed E-state index contributed by atoms with van der Waals surface area (Å²) in [6.45, 7) is 5.60. The lowest BCUT2D eigenvalue weighted by atomic mass is 9.95. The van der Waals surface area contributed by atoms with Crippen molar-refractivity contribution in [1.82, 2.24) is 14.8 Å². The minimum atomic E-state index is -1.23. The van der Waals surface area contributed by atoms with Crippen LogP contribution in [0.25, 0.3) is 5.69 Å². The Labute approximate surface area is 120 Å². The van der Waals surface area contributed by atoms with E-state index in [1.165, 1.54) is 16.8 Å². The zero-order chi connectivity index (χ0) is 15.1. The highest BCUT2D eigenvalue weighted by atomic mass is 35.5. The maximum atomic E-state index is 13.5. The van der Waals surface area contributed by atoms with Crippen LogP contribution in [0, 0.1) is 5.82 Å². The zero-order valence-corrected chi connectivity index (χ0v) is 11.9. The molecule has 106 valence electrons. The van der Waals surface area contributed by atoms with Gasteiger partial charge in [-0.3, -0.25) is 0 Å². The van der Waals surface area contributed by atoms with E-state index in [0.717, 1.165) is 0 Å². The summed E-state index contributed by atoms with van der Waals surface area (Å²) < 4.78 is 14.9. The number of rotatable bonds is 2. The number of carboxylic acid groups (broad SMARTS) is 1. The second-order valence-electron chi connectivity index (χ2n) is 5.32. The fourth-order valence-electron chi connectivity index (χ4n) is 1.68. The molecule has 0 aliphatic heterocycles. The molecule has 7 heteroatoms. The molecular formula is C13H13ClFN3O2. The Hall–Kier alpha value is -1.95. The van der Waals surface area contributed by atoms with Gasteiger partial charge in [0, 0.05) is 11.5 Å². The van der Waals surface area contributed by atoms with Gasteiger partial charge in [0.25, 0.3) is 5.82 Å². The Bertz CT molecular complexity index is 677. The maximum Gasteiger partial charge on any atom is 0.375 e. The summed E-state index contributed by atoms with van der Waals surface area (Å²) in [5.41, 5.74) is -0.0755. The van der Waals surface area contributed by atoms with Gasteiger partial charge in [0.1, 0.15) is 11.6 Å². The van der Waals surface area contributed by atoms with Crippen LogP contribution in [0.3, 0.4) is 0 Å². The van der Waals surface area contributed by atoms with E-state index in [1.807, 2.05) is 20.8 Å². The molecule has 1 N–H and O–H groups in total. The topological polar surface area (TPSA) is 68.0 Å². The number of halogens is 2. The van der Waals surface area contributed by atoms with Gasteiger partial charge in [-0.05, 0) is 12.1 Å². The number of hydrogen-bond acceptors (Lipinski definition) is 3. The van der Waals surface area contributed by atoms with E-state index in [4.69, 9.17) is 16.7 Å². The second kappa shape index (κ2) is 4.86. The highest BCUT2D eigenvalue weighted by Crippen LogP contribution is 2.25. The largest absolute Gasteiger partial charge is 0.475 e. The molecule has 1 heterocycles. The van der Waals surface area contributed by atoms with Crippen LogP contribution in [0.15, 0.2) is 18.2 Å². The van der Waals surface area contributed by atoms with Crippen LogP contribution in [0.4, 0.5) is 4.39 Å². The first kappa shape index (κ1) is 14.5. The number of aromatic carboxylic acids is 1. The van der Waals surface area contributed by atoms with E-state index in [1.54, 1.807) is 6.07 Å². The van der Waals surface area contributed by atoms with Crippen molar-refractivity contribution in [2.45, 2.75) is 26.2 Å². The van der Waals surface area contributed by atoms with Crippen LogP contribution in [-0.4, -0.2) is 25.8 Å². The number of hydrogen-bond donors (Lipinski definition) is 1. The van der Waals surface area contributed by atoms with Gasteiger partial charge in [-0.1, -0.05) is 32.4 Å². The summed E-state index contributed by atoms with van der Waals surface area (Å²) in [5.74, 6) is -1.73. The molecule has 2 rings (SSSR count). The monoisotopic (exact) mass is 297 g/mol. The first-order chi connectivity index (χ1) is 9.20. The SMILES string of the molecule is CC(C)(C)c1nc(C(=O)O)nn1-c1ccc(Cl)c(F)c1. The molecule has 0 radical (unpaired) electrons. The summed E-state index contributed by atoms with van der Waals surface area (Å²) in [7, 11) is 0. The Morgan fingerprint density at radius 3 is 2.55 bits per heavy atom. The van der Waals surface area contributed by atoms with E-state index in [9.17, 15) is 9.18 Å². The summed E-state index contributed by atoms with van der Waals surface area (Å²) in [5, 5.41) is 12.9. The Morgan fingerprint density at radius 2 is 2.05 bits per heavy atom. The lowest BCUT2D eigenvalue weighted by molar-refractivity contribution is 0.0683. The van der Waals surface area contributed by atoms with Gasteiger partial charge in [-0.15, -0.1) is 5.10 Å². The first-order valence-corrected chi connectivity index (χ1v) is 6.24. The minimum Gasteiger partial charge on any atom is -0.475 e. The summed E-state index contributed by atoms with van der Waals surface area (Å²) in [6.07, 6.45) is 0. The van der Waals surface area contributed by atoms with Crippen LogP contribution in [0.2, 0.25) is 5.02 Å². The molecule has 0 aliphatic carbocycles. The third kappa shape index (κ3) is 2.65. The van der Waals surface area contributed by atoms with E-state index >= 15 is 0 Å². The van der Waals surface area contributed by atoms with Crippen molar-refractivity contribution in [2.75, 3.05) is 0 Å². The minimum absolute atomic E-state index is 0.00960. The van der Waals surface area contributed by atoms with Crippen LogP contribution in [-0.2, 0) is 5.41 Å². The van der Waals surface area contributed by atoms with Crippen molar-refractivity contribution < 1.29 is 14.3 Å². The first-order valence-electron chi connectivity index (χ1n) is 5.86. The van der Waals surface area contributed by atoms with Gasteiger partial charge < -0.3 is 5.11 Å². The molecule has 0 saturated heterocycles. The zero-order valence-electron chi connectivity index (χ0n) is 11.2. The van der Waals surface area contributed by atoms with Crippen LogP contribution >= 0.6 is 11.6 Å². The van der Waals surface area contributed by atoms with Crippen molar-refractivity contribution >= 4 is 17.6 Å². The van der Waals surface area contributed by atoms with Crippen molar-refractivity contribution in [3.8, 4) is 5.69 Å². The van der Waals surface area contributed by atoms with E-state index in [-0.39, 0.29) is 10.8 Å².